The molecule has 0 aromatic carbocycles. The molecule has 0 aromatic rings. The molecular formula is C10H20O3S. The van der Waals surface area contributed by atoms with Crippen LogP contribution in [0.2, 0.25) is 0 Å². The van der Waals surface area contributed by atoms with Gasteiger partial charge in [-0.15, -0.1) is 0 Å². The van der Waals surface area contributed by atoms with Crippen LogP contribution in [0.25, 0.3) is 0 Å². The highest BCUT2D eigenvalue weighted by molar-refractivity contribution is 7.99. The molecule has 0 fully saturated rings. The van der Waals surface area contributed by atoms with Crippen molar-refractivity contribution in [2.24, 2.45) is 11.3 Å². The van der Waals surface area contributed by atoms with Crippen LogP contribution in [0.15, 0.2) is 0 Å². The number of carbonyl (C=O) groups is 1. The smallest absolute Gasteiger partial charge is 0.309 e. The standard InChI is InChI=1S/C10H20O3S/c1-8(6-11)7-14-5-4-10(2,3)9(12)13/h8,11H,4-7H2,1-3H3,(H,12,13). The van der Waals surface area contributed by atoms with E-state index in [0.717, 1.165) is 11.5 Å². The molecule has 0 spiro atoms. The summed E-state index contributed by atoms with van der Waals surface area (Å²) in [4.78, 5) is 10.8. The van der Waals surface area contributed by atoms with Crippen LogP contribution < -0.4 is 0 Å². The van der Waals surface area contributed by atoms with Crippen LogP contribution in [0.3, 0.4) is 0 Å². The molecule has 0 heterocycles. The monoisotopic (exact) mass is 220 g/mol. The summed E-state index contributed by atoms with van der Waals surface area (Å²) in [7, 11) is 0. The molecule has 0 saturated carbocycles. The van der Waals surface area contributed by atoms with Crippen LogP contribution in [-0.4, -0.2) is 34.3 Å². The van der Waals surface area contributed by atoms with Crippen molar-refractivity contribution >= 4 is 17.7 Å². The van der Waals surface area contributed by atoms with E-state index >= 15 is 0 Å². The number of carboxylic acids is 1. The number of hydrogen-bond acceptors (Lipinski definition) is 3. The summed E-state index contributed by atoms with van der Waals surface area (Å²) in [6.07, 6.45) is 0.672. The van der Waals surface area contributed by atoms with Gasteiger partial charge in [-0.3, -0.25) is 4.79 Å². The lowest BCUT2D eigenvalue weighted by atomic mass is 9.91. The van der Waals surface area contributed by atoms with Crippen molar-refractivity contribution in [3.05, 3.63) is 0 Å². The minimum absolute atomic E-state index is 0.204. The molecule has 3 nitrogen and oxygen atoms in total. The van der Waals surface area contributed by atoms with Gasteiger partial charge in [0.05, 0.1) is 5.41 Å². The van der Waals surface area contributed by atoms with Crippen molar-refractivity contribution in [2.75, 3.05) is 18.1 Å². The van der Waals surface area contributed by atoms with Crippen molar-refractivity contribution in [1.29, 1.82) is 0 Å². The normalized spacial score (nSPS) is 14.0. The van der Waals surface area contributed by atoms with Crippen molar-refractivity contribution in [2.45, 2.75) is 27.2 Å². The average molecular weight is 220 g/mol. The lowest BCUT2D eigenvalue weighted by molar-refractivity contribution is -0.146. The van der Waals surface area contributed by atoms with Crippen molar-refractivity contribution in [1.82, 2.24) is 0 Å². The summed E-state index contributed by atoms with van der Waals surface area (Å²) < 4.78 is 0. The maximum Gasteiger partial charge on any atom is 0.309 e. The Kier molecular flexibility index (Phi) is 6.20. The summed E-state index contributed by atoms with van der Waals surface area (Å²) in [6.45, 7) is 5.67. The van der Waals surface area contributed by atoms with E-state index in [9.17, 15) is 4.79 Å². The highest BCUT2D eigenvalue weighted by atomic mass is 32.2. The molecule has 1 unspecified atom stereocenters. The molecule has 4 heteroatoms. The van der Waals surface area contributed by atoms with Crippen molar-refractivity contribution in [3.8, 4) is 0 Å². The topological polar surface area (TPSA) is 57.5 Å². The summed E-state index contributed by atoms with van der Waals surface area (Å²) in [6, 6.07) is 0. The molecule has 0 saturated heterocycles. The molecular weight excluding hydrogens is 200 g/mol. The minimum Gasteiger partial charge on any atom is -0.481 e. The van der Waals surface area contributed by atoms with Crippen molar-refractivity contribution < 1.29 is 15.0 Å². The van der Waals surface area contributed by atoms with E-state index in [1.54, 1.807) is 25.6 Å². The van der Waals surface area contributed by atoms with Gasteiger partial charge < -0.3 is 10.2 Å². The van der Waals surface area contributed by atoms with Crippen molar-refractivity contribution in [3.63, 3.8) is 0 Å². The van der Waals surface area contributed by atoms with E-state index in [2.05, 4.69) is 0 Å². The van der Waals surface area contributed by atoms with Crippen LogP contribution in [0.4, 0.5) is 0 Å². The largest absolute Gasteiger partial charge is 0.481 e. The van der Waals surface area contributed by atoms with Crippen LogP contribution >= 0.6 is 11.8 Å². The van der Waals surface area contributed by atoms with Gasteiger partial charge in [-0.05, 0) is 37.7 Å². The zero-order valence-corrected chi connectivity index (χ0v) is 9.93. The molecule has 0 aliphatic carbocycles. The first-order valence-electron chi connectivity index (χ1n) is 4.82. The maximum absolute atomic E-state index is 10.8. The van der Waals surface area contributed by atoms with Gasteiger partial charge in [-0.2, -0.15) is 11.8 Å². The second-order valence-electron chi connectivity index (χ2n) is 4.30. The highest BCUT2D eigenvalue weighted by Crippen LogP contribution is 2.23. The van der Waals surface area contributed by atoms with Crippen LogP contribution in [0, 0.1) is 11.3 Å². The third kappa shape index (κ3) is 5.50. The Hall–Kier alpha value is -0.220. The predicted molar refractivity (Wildman–Crippen MR) is 59.6 cm³/mol. The number of aliphatic carboxylic acids is 1. The predicted octanol–water partition coefficient (Wildman–Crippen LogP) is 1.85. The molecule has 0 aromatic heterocycles. The number of rotatable bonds is 7. The van der Waals surface area contributed by atoms with E-state index in [1.807, 2.05) is 6.92 Å². The SMILES string of the molecule is CC(CO)CSCCC(C)(C)C(=O)O. The highest BCUT2D eigenvalue weighted by Gasteiger charge is 2.26. The Morgan fingerprint density at radius 1 is 1.50 bits per heavy atom. The molecule has 2 N–H and O–H groups in total. The quantitative estimate of drug-likeness (QED) is 0.643. The van der Waals surface area contributed by atoms with Crippen LogP contribution in [-0.2, 0) is 4.79 Å². The van der Waals surface area contributed by atoms with E-state index in [-0.39, 0.29) is 6.61 Å². The molecule has 14 heavy (non-hydrogen) atoms. The summed E-state index contributed by atoms with van der Waals surface area (Å²) in [5.41, 5.74) is -0.630. The Morgan fingerprint density at radius 3 is 2.50 bits per heavy atom. The first-order valence-corrected chi connectivity index (χ1v) is 5.97. The fourth-order valence-corrected chi connectivity index (χ4v) is 2.10. The molecule has 0 radical (unpaired) electrons. The van der Waals surface area contributed by atoms with Gasteiger partial charge in [-0.1, -0.05) is 6.92 Å². The number of carboxylic acid groups (broad SMARTS) is 1. The first kappa shape index (κ1) is 13.8. The number of aliphatic hydroxyl groups is 1. The van der Waals surface area contributed by atoms with Gasteiger partial charge in [0.2, 0.25) is 0 Å². The summed E-state index contributed by atoms with van der Waals surface area (Å²) in [5.74, 6) is 1.29. The van der Waals surface area contributed by atoms with Gasteiger partial charge in [0.25, 0.3) is 0 Å². The number of thioether (sulfide) groups is 1. The molecule has 0 amide bonds. The first-order chi connectivity index (χ1) is 6.40. The molecule has 0 aliphatic heterocycles. The Balaban J connectivity index is 3.59. The Labute approximate surface area is 89.9 Å². The molecule has 0 rings (SSSR count). The Morgan fingerprint density at radius 2 is 2.07 bits per heavy atom. The lowest BCUT2D eigenvalue weighted by Crippen LogP contribution is -2.24. The van der Waals surface area contributed by atoms with Crippen LogP contribution in [0.1, 0.15) is 27.2 Å². The molecule has 1 atom stereocenters. The van der Waals surface area contributed by atoms with Gasteiger partial charge in [0.15, 0.2) is 0 Å². The van der Waals surface area contributed by atoms with Gasteiger partial charge in [-0.25, -0.2) is 0 Å². The third-order valence-corrected chi connectivity index (χ3v) is 3.46. The molecule has 0 bridgehead atoms. The lowest BCUT2D eigenvalue weighted by Gasteiger charge is -2.18. The van der Waals surface area contributed by atoms with E-state index in [4.69, 9.17) is 10.2 Å². The number of aliphatic hydroxyl groups excluding tert-OH is 1. The second kappa shape index (κ2) is 6.30. The van der Waals surface area contributed by atoms with E-state index < -0.39 is 11.4 Å². The van der Waals surface area contributed by atoms with Gasteiger partial charge in [0, 0.05) is 6.61 Å². The van der Waals surface area contributed by atoms with Crippen LogP contribution in [0.5, 0.6) is 0 Å². The van der Waals surface area contributed by atoms with E-state index in [1.165, 1.54) is 0 Å². The zero-order valence-electron chi connectivity index (χ0n) is 9.12. The molecule has 0 aliphatic rings. The van der Waals surface area contributed by atoms with Gasteiger partial charge in [0.1, 0.15) is 0 Å². The second-order valence-corrected chi connectivity index (χ2v) is 5.45. The third-order valence-electron chi connectivity index (χ3n) is 2.16. The minimum atomic E-state index is -0.742. The molecule has 84 valence electrons. The Bertz CT molecular complexity index is 180. The summed E-state index contributed by atoms with van der Waals surface area (Å²) in [5, 5.41) is 17.6. The average Bonchev–Trinajstić information content (AvgIpc) is 2.11. The van der Waals surface area contributed by atoms with E-state index in [0.29, 0.717) is 12.3 Å². The summed E-state index contributed by atoms with van der Waals surface area (Å²) >= 11 is 1.71. The van der Waals surface area contributed by atoms with Gasteiger partial charge >= 0.3 is 5.97 Å². The fraction of sp³-hybridized carbons (Fsp3) is 0.900. The number of hydrogen-bond donors (Lipinski definition) is 2. The fourth-order valence-electron chi connectivity index (χ4n) is 0.771. The maximum atomic E-state index is 10.8. The zero-order chi connectivity index (χ0) is 11.2.